The zero-order valence-electron chi connectivity index (χ0n) is 23.1. The first kappa shape index (κ1) is 30.7. The van der Waals surface area contributed by atoms with E-state index < -0.39 is 77.1 Å². The molecule has 5 rings (SSSR count). The third-order valence-electron chi connectivity index (χ3n) is 8.60. The zero-order valence-corrected chi connectivity index (χ0v) is 24.7. The van der Waals surface area contributed by atoms with Crippen LogP contribution >= 0.6 is 0 Å². The molecule has 10 nitrogen and oxygen atoms in total. The van der Waals surface area contributed by atoms with Gasteiger partial charge in [-0.25, -0.2) is 9.59 Å². The molecule has 14 heteroatoms. The highest BCUT2D eigenvalue weighted by Crippen LogP contribution is 2.65. The van der Waals surface area contributed by atoms with E-state index in [1.54, 1.807) is 13.8 Å². The van der Waals surface area contributed by atoms with Crippen LogP contribution in [-0.2, 0) is 34.7 Å². The standard InChI is InChI=1S/C29H26F2O10S2/c1-16-22-21(23(32)28(3,35)29(16)12-13-29)14-27(2,15-40-25(33)17-4-8-19(9-5-17)42(30,36)37)24(22)41-26(34)18-6-10-20(11-7-18)43(31,38)39/h4-11,14,24,35H,12-13,15H2,1-3H3/t24-,27?,28+/m1/s1. The van der Waals surface area contributed by atoms with Crippen LogP contribution in [0.3, 0.4) is 0 Å². The molecule has 0 aromatic heterocycles. The lowest BCUT2D eigenvalue weighted by atomic mass is 9.67. The average Bonchev–Trinajstić information content (AvgIpc) is 3.71. The molecule has 228 valence electrons. The highest BCUT2D eigenvalue weighted by molar-refractivity contribution is 7.86. The smallest absolute Gasteiger partial charge is 0.338 e. The Hall–Kier alpha value is -3.75. The Balaban J connectivity index is 1.48. The molecule has 3 aliphatic carbocycles. The molecular weight excluding hydrogens is 610 g/mol. The van der Waals surface area contributed by atoms with Crippen LogP contribution in [0.1, 0.15) is 54.3 Å². The van der Waals surface area contributed by atoms with Crippen molar-refractivity contribution in [2.24, 2.45) is 10.8 Å². The van der Waals surface area contributed by atoms with Crippen LogP contribution in [0.4, 0.5) is 7.77 Å². The number of hydrogen-bond donors (Lipinski definition) is 1. The fourth-order valence-electron chi connectivity index (χ4n) is 5.93. The first-order valence-corrected chi connectivity index (χ1v) is 15.8. The van der Waals surface area contributed by atoms with Gasteiger partial charge in [-0.15, -0.1) is 7.77 Å². The first-order valence-electron chi connectivity index (χ1n) is 13.0. The Kier molecular flexibility index (Phi) is 7.06. The van der Waals surface area contributed by atoms with Crippen molar-refractivity contribution in [3.63, 3.8) is 0 Å². The third kappa shape index (κ3) is 5.10. The van der Waals surface area contributed by atoms with Crippen molar-refractivity contribution in [2.75, 3.05) is 6.61 Å². The SMILES string of the molecule is CC1=C2C(=CC(C)(COC(=O)c3ccc(S(=O)(=O)F)cc3)[C@@H]2OC(=O)c2ccc(S(=O)(=O)F)cc2)C(=O)[C@](C)(O)C12CC2. The summed E-state index contributed by atoms with van der Waals surface area (Å²) in [7, 11) is -9.99. The molecule has 2 aromatic rings. The van der Waals surface area contributed by atoms with Crippen LogP contribution in [0, 0.1) is 10.8 Å². The van der Waals surface area contributed by atoms with Crippen molar-refractivity contribution in [1.82, 2.24) is 0 Å². The Bertz CT molecular complexity index is 1840. The maximum absolute atomic E-state index is 13.6. The van der Waals surface area contributed by atoms with Gasteiger partial charge in [0.25, 0.3) is 0 Å². The van der Waals surface area contributed by atoms with Gasteiger partial charge in [0.2, 0.25) is 0 Å². The van der Waals surface area contributed by atoms with E-state index in [-0.39, 0.29) is 16.7 Å². The van der Waals surface area contributed by atoms with Gasteiger partial charge in [0.05, 0.1) is 26.3 Å². The number of halogens is 2. The summed E-state index contributed by atoms with van der Waals surface area (Å²) >= 11 is 0. The third-order valence-corrected chi connectivity index (χ3v) is 10.3. The van der Waals surface area contributed by atoms with Crippen molar-refractivity contribution in [3.8, 4) is 0 Å². The number of aliphatic hydroxyl groups is 1. The molecule has 1 unspecified atom stereocenters. The highest BCUT2D eigenvalue weighted by atomic mass is 32.3. The van der Waals surface area contributed by atoms with Gasteiger partial charge in [-0.3, -0.25) is 4.79 Å². The van der Waals surface area contributed by atoms with Gasteiger partial charge in [0.15, 0.2) is 5.78 Å². The fraction of sp³-hybridized carbons (Fsp3) is 0.345. The molecular formula is C29H26F2O10S2. The van der Waals surface area contributed by atoms with Crippen LogP contribution in [0.5, 0.6) is 0 Å². The van der Waals surface area contributed by atoms with Gasteiger partial charge in [-0.2, -0.15) is 16.8 Å². The highest BCUT2D eigenvalue weighted by Gasteiger charge is 2.67. The molecule has 0 heterocycles. The van der Waals surface area contributed by atoms with Crippen molar-refractivity contribution >= 4 is 38.2 Å². The summed E-state index contributed by atoms with van der Waals surface area (Å²) < 4.78 is 82.5. The summed E-state index contributed by atoms with van der Waals surface area (Å²) in [6.07, 6.45) is 1.32. The van der Waals surface area contributed by atoms with Gasteiger partial charge in [0.1, 0.15) is 18.3 Å². The Morgan fingerprint density at radius 2 is 1.35 bits per heavy atom. The van der Waals surface area contributed by atoms with E-state index in [2.05, 4.69) is 0 Å². The van der Waals surface area contributed by atoms with E-state index in [0.29, 0.717) is 24.0 Å². The Labute approximate surface area is 246 Å². The number of ketones is 1. The van der Waals surface area contributed by atoms with E-state index in [0.717, 1.165) is 48.5 Å². The second-order valence-electron chi connectivity index (χ2n) is 11.4. The number of carbonyl (C=O) groups is 3. The lowest BCUT2D eigenvalue weighted by molar-refractivity contribution is -0.138. The Morgan fingerprint density at radius 1 is 0.884 bits per heavy atom. The number of Topliss-reactive ketones (excluding diaryl/α,β-unsaturated/α-hetero) is 1. The molecule has 0 aliphatic heterocycles. The predicted molar refractivity (Wildman–Crippen MR) is 145 cm³/mol. The number of carbonyl (C=O) groups excluding carboxylic acids is 3. The second kappa shape index (κ2) is 9.89. The fourth-order valence-corrected chi connectivity index (χ4v) is 6.85. The average molecular weight is 637 g/mol. The minimum absolute atomic E-state index is 0.0955. The van der Waals surface area contributed by atoms with Gasteiger partial charge >= 0.3 is 32.4 Å². The van der Waals surface area contributed by atoms with E-state index in [1.807, 2.05) is 0 Å². The van der Waals surface area contributed by atoms with Gasteiger partial charge in [-0.1, -0.05) is 11.6 Å². The van der Waals surface area contributed by atoms with E-state index >= 15 is 0 Å². The number of hydrogen-bond acceptors (Lipinski definition) is 10. The Morgan fingerprint density at radius 3 is 1.79 bits per heavy atom. The number of rotatable bonds is 7. The molecule has 0 bridgehead atoms. The maximum atomic E-state index is 13.6. The van der Waals surface area contributed by atoms with E-state index in [9.17, 15) is 44.1 Å². The molecule has 3 aliphatic rings. The van der Waals surface area contributed by atoms with Gasteiger partial charge in [0, 0.05) is 16.6 Å². The summed E-state index contributed by atoms with van der Waals surface area (Å²) in [5.74, 6) is -2.42. The number of esters is 2. The lowest BCUT2D eigenvalue weighted by Crippen LogP contribution is -2.50. The molecule has 0 saturated heterocycles. The molecule has 1 saturated carbocycles. The predicted octanol–water partition coefficient (Wildman–Crippen LogP) is 3.76. The summed E-state index contributed by atoms with van der Waals surface area (Å²) in [4.78, 5) is 38.3. The van der Waals surface area contributed by atoms with E-state index in [1.165, 1.54) is 13.0 Å². The monoisotopic (exact) mass is 636 g/mol. The first-order chi connectivity index (χ1) is 19.8. The topological polar surface area (TPSA) is 158 Å². The molecule has 0 radical (unpaired) electrons. The van der Waals surface area contributed by atoms with Crippen LogP contribution in [0.25, 0.3) is 0 Å². The summed E-state index contributed by atoms with van der Waals surface area (Å²) in [5.41, 5.74) is -3.03. The van der Waals surface area contributed by atoms with Gasteiger partial charge in [-0.05, 0) is 82.1 Å². The molecule has 2 aromatic carbocycles. The molecule has 43 heavy (non-hydrogen) atoms. The van der Waals surface area contributed by atoms with E-state index in [4.69, 9.17) is 9.47 Å². The largest absolute Gasteiger partial charge is 0.461 e. The quantitative estimate of drug-likeness (QED) is 0.350. The van der Waals surface area contributed by atoms with Crippen molar-refractivity contribution in [2.45, 2.75) is 55.1 Å². The number of benzene rings is 2. The molecule has 1 N–H and O–H groups in total. The normalized spacial score (nSPS) is 26.1. The summed E-state index contributed by atoms with van der Waals surface area (Å²) in [6, 6.07) is 7.85. The molecule has 3 atom stereocenters. The summed E-state index contributed by atoms with van der Waals surface area (Å²) in [6.45, 7) is 4.30. The van der Waals surface area contributed by atoms with Gasteiger partial charge < -0.3 is 14.6 Å². The maximum Gasteiger partial charge on any atom is 0.338 e. The summed E-state index contributed by atoms with van der Waals surface area (Å²) in [5, 5.41) is 11.2. The van der Waals surface area contributed by atoms with Crippen LogP contribution < -0.4 is 0 Å². The zero-order chi connectivity index (χ0) is 31.8. The number of ether oxygens (including phenoxy) is 2. The van der Waals surface area contributed by atoms with Crippen molar-refractivity contribution in [1.29, 1.82) is 0 Å². The van der Waals surface area contributed by atoms with Crippen molar-refractivity contribution in [3.05, 3.63) is 82.5 Å². The van der Waals surface area contributed by atoms with Crippen molar-refractivity contribution < 1.29 is 53.6 Å². The minimum atomic E-state index is -5.01. The molecule has 1 fully saturated rings. The van der Waals surface area contributed by atoms with Crippen LogP contribution in [0.2, 0.25) is 0 Å². The number of fused-ring (bicyclic) bond motifs is 1. The lowest BCUT2D eigenvalue weighted by Gasteiger charge is -2.40. The van der Waals surface area contributed by atoms with Crippen LogP contribution in [0.15, 0.2) is 81.1 Å². The second-order valence-corrected chi connectivity index (χ2v) is 14.1. The molecule has 1 spiro atoms. The minimum Gasteiger partial charge on any atom is -0.461 e. The molecule has 0 amide bonds. The van der Waals surface area contributed by atoms with Crippen LogP contribution in [-0.4, -0.2) is 58.0 Å².